The summed E-state index contributed by atoms with van der Waals surface area (Å²) in [5, 5.41) is 4.32. The molecule has 1 spiro atoms. The van der Waals surface area contributed by atoms with E-state index in [1.165, 1.54) is 12.1 Å². The Balaban J connectivity index is 1.37. The molecule has 1 saturated heterocycles. The second-order valence-corrected chi connectivity index (χ2v) is 10.6. The fourth-order valence-corrected chi connectivity index (χ4v) is 4.95. The first kappa shape index (κ1) is 24.0. The maximum atomic E-state index is 14.4. The maximum Gasteiger partial charge on any atom is 0.229 e. The summed E-state index contributed by atoms with van der Waals surface area (Å²) in [6.07, 6.45) is 2.91. The molecule has 0 saturated carbocycles. The first-order chi connectivity index (χ1) is 16.1. The van der Waals surface area contributed by atoms with Crippen LogP contribution in [-0.2, 0) is 19.7 Å². The smallest absolute Gasteiger partial charge is 0.229 e. The molecule has 1 amide bonds. The minimum Gasteiger partial charge on any atom is -0.497 e. The van der Waals surface area contributed by atoms with Gasteiger partial charge < -0.3 is 14.5 Å². The number of carbonyl (C=O) groups is 1. The van der Waals surface area contributed by atoms with Crippen LogP contribution in [0.25, 0.3) is 0 Å². The summed E-state index contributed by atoms with van der Waals surface area (Å²) in [5.74, 6) is -0.636. The fraction of sp³-hybridized carbons (Fsp3) is 0.417. The molecule has 2 aromatic carbocycles. The van der Waals surface area contributed by atoms with Crippen LogP contribution in [0.4, 0.5) is 10.1 Å². The molecule has 1 fully saturated rings. The van der Waals surface area contributed by atoms with Crippen LogP contribution >= 0.6 is 0 Å². The zero-order valence-corrected chi connectivity index (χ0v) is 20.2. The minimum atomic E-state index is -3.60. The zero-order chi connectivity index (χ0) is 24.5. The highest BCUT2D eigenvalue weighted by atomic mass is 32.2. The molecule has 1 N–H and O–H groups in total. The molecule has 0 radical (unpaired) electrons. The summed E-state index contributed by atoms with van der Waals surface area (Å²) in [7, 11) is -1.97. The molecule has 0 bridgehead atoms. The number of piperidine rings is 1. The van der Waals surface area contributed by atoms with Crippen molar-refractivity contribution in [2.24, 2.45) is 5.16 Å². The Bertz CT molecular complexity index is 1220. The third-order valence-electron chi connectivity index (χ3n) is 6.39. The van der Waals surface area contributed by atoms with Crippen molar-refractivity contribution in [1.82, 2.24) is 4.90 Å². The van der Waals surface area contributed by atoms with E-state index >= 15 is 0 Å². The van der Waals surface area contributed by atoms with E-state index in [0.717, 1.165) is 23.3 Å². The largest absolute Gasteiger partial charge is 0.497 e. The van der Waals surface area contributed by atoms with Gasteiger partial charge in [-0.1, -0.05) is 23.4 Å². The SMILES string of the molecule is COc1cccc(C2=NOC3(CCN(C(=O)C(C)c4ccc(NS(C)(=O)=O)c(F)c4)CC3)C2)c1. The molecule has 0 aliphatic carbocycles. The highest BCUT2D eigenvalue weighted by molar-refractivity contribution is 7.92. The van der Waals surface area contributed by atoms with Crippen LogP contribution in [0.2, 0.25) is 0 Å². The standard InChI is InChI=1S/C24H28FN3O5S/c1-16(17-7-8-21(20(25)14-17)27-34(3,30)31)23(29)28-11-9-24(10-12-28)15-22(26-33-24)18-5-4-6-19(13-18)32-2/h4-8,13-14,16,27H,9-12,15H2,1-3H3. The van der Waals surface area contributed by atoms with Crippen molar-refractivity contribution in [2.75, 3.05) is 31.2 Å². The van der Waals surface area contributed by atoms with Gasteiger partial charge in [-0.15, -0.1) is 0 Å². The molecule has 0 aromatic heterocycles. The number of halogens is 1. The van der Waals surface area contributed by atoms with Crippen molar-refractivity contribution in [3.8, 4) is 5.75 Å². The number of anilines is 1. The lowest BCUT2D eigenvalue weighted by Gasteiger charge is -2.38. The Labute approximate surface area is 198 Å². The van der Waals surface area contributed by atoms with Crippen molar-refractivity contribution in [1.29, 1.82) is 0 Å². The lowest BCUT2D eigenvalue weighted by Crippen LogP contribution is -2.47. The van der Waals surface area contributed by atoms with Gasteiger partial charge in [0.25, 0.3) is 0 Å². The van der Waals surface area contributed by atoms with E-state index < -0.39 is 27.4 Å². The average molecular weight is 490 g/mol. The van der Waals surface area contributed by atoms with Gasteiger partial charge in [-0.2, -0.15) is 0 Å². The third kappa shape index (κ3) is 5.16. The number of sulfonamides is 1. The molecule has 10 heteroatoms. The maximum absolute atomic E-state index is 14.4. The molecule has 34 heavy (non-hydrogen) atoms. The number of hydrogen-bond acceptors (Lipinski definition) is 6. The number of nitrogens with one attached hydrogen (secondary N) is 1. The van der Waals surface area contributed by atoms with E-state index in [1.807, 2.05) is 24.3 Å². The van der Waals surface area contributed by atoms with Crippen LogP contribution in [0, 0.1) is 5.82 Å². The summed E-state index contributed by atoms with van der Waals surface area (Å²) < 4.78 is 44.5. The van der Waals surface area contributed by atoms with Gasteiger partial charge in [0, 0.05) is 37.9 Å². The Morgan fingerprint density at radius 2 is 1.97 bits per heavy atom. The van der Waals surface area contributed by atoms with Crippen molar-refractivity contribution < 1.29 is 27.2 Å². The second-order valence-electron chi connectivity index (χ2n) is 8.88. The summed E-state index contributed by atoms with van der Waals surface area (Å²) in [6.45, 7) is 2.75. The zero-order valence-electron chi connectivity index (χ0n) is 19.4. The number of ether oxygens (including phenoxy) is 1. The van der Waals surface area contributed by atoms with Gasteiger partial charge in [0.1, 0.15) is 17.2 Å². The van der Waals surface area contributed by atoms with Crippen LogP contribution in [-0.4, -0.2) is 57.0 Å². The van der Waals surface area contributed by atoms with Gasteiger partial charge >= 0.3 is 0 Å². The molecule has 182 valence electrons. The van der Waals surface area contributed by atoms with E-state index in [9.17, 15) is 17.6 Å². The van der Waals surface area contributed by atoms with Crippen LogP contribution in [0.15, 0.2) is 47.6 Å². The molecular formula is C24H28FN3O5S. The van der Waals surface area contributed by atoms with Gasteiger partial charge in [0.2, 0.25) is 15.9 Å². The average Bonchev–Trinajstić information content (AvgIpc) is 3.22. The number of methoxy groups -OCH3 is 1. The molecule has 2 aromatic rings. The molecule has 1 unspecified atom stereocenters. The van der Waals surface area contributed by atoms with E-state index in [4.69, 9.17) is 9.57 Å². The van der Waals surface area contributed by atoms with Crippen LogP contribution in [0.1, 0.15) is 43.2 Å². The first-order valence-electron chi connectivity index (χ1n) is 11.0. The van der Waals surface area contributed by atoms with Crippen molar-refractivity contribution >= 4 is 27.3 Å². The van der Waals surface area contributed by atoms with Gasteiger partial charge in [0.05, 0.1) is 30.7 Å². The fourth-order valence-electron chi connectivity index (χ4n) is 4.38. The second kappa shape index (κ2) is 9.25. The first-order valence-corrected chi connectivity index (χ1v) is 12.9. The summed E-state index contributed by atoms with van der Waals surface area (Å²) >= 11 is 0. The number of amides is 1. The van der Waals surface area contributed by atoms with Gasteiger partial charge in [-0.05, 0) is 36.8 Å². The van der Waals surface area contributed by atoms with E-state index in [2.05, 4.69) is 9.88 Å². The van der Waals surface area contributed by atoms with Crippen LogP contribution in [0.5, 0.6) is 5.75 Å². The van der Waals surface area contributed by atoms with E-state index in [1.54, 1.807) is 25.0 Å². The number of carbonyl (C=O) groups excluding carboxylic acids is 1. The van der Waals surface area contributed by atoms with Gasteiger partial charge in [-0.3, -0.25) is 9.52 Å². The van der Waals surface area contributed by atoms with Crippen molar-refractivity contribution in [2.45, 2.75) is 37.7 Å². The van der Waals surface area contributed by atoms with E-state index in [-0.39, 0.29) is 11.6 Å². The van der Waals surface area contributed by atoms with Gasteiger partial charge in [-0.25, -0.2) is 12.8 Å². The quantitative estimate of drug-likeness (QED) is 0.670. The summed E-state index contributed by atoms with van der Waals surface area (Å²) in [5.41, 5.74) is 1.74. The number of likely N-dealkylation sites (tertiary alicyclic amines) is 1. The van der Waals surface area contributed by atoms with Crippen molar-refractivity contribution in [3.63, 3.8) is 0 Å². The summed E-state index contributed by atoms with van der Waals surface area (Å²) in [4.78, 5) is 20.7. The number of nitrogens with zero attached hydrogens (tertiary/aromatic N) is 2. The molecule has 2 aliphatic heterocycles. The van der Waals surface area contributed by atoms with E-state index in [0.29, 0.717) is 37.9 Å². The third-order valence-corrected chi connectivity index (χ3v) is 6.98. The number of hydrogen-bond donors (Lipinski definition) is 1. The monoisotopic (exact) mass is 489 g/mol. The molecule has 4 rings (SSSR count). The predicted octanol–water partition coefficient (Wildman–Crippen LogP) is 3.50. The Hall–Kier alpha value is -3.14. The van der Waals surface area contributed by atoms with Crippen molar-refractivity contribution in [3.05, 3.63) is 59.4 Å². The molecular weight excluding hydrogens is 461 g/mol. The van der Waals surface area contributed by atoms with Crippen LogP contribution in [0.3, 0.4) is 0 Å². The van der Waals surface area contributed by atoms with Crippen LogP contribution < -0.4 is 9.46 Å². The predicted molar refractivity (Wildman–Crippen MR) is 127 cm³/mol. The topological polar surface area (TPSA) is 97.3 Å². The highest BCUT2D eigenvalue weighted by Crippen LogP contribution is 2.37. The number of benzene rings is 2. The lowest BCUT2D eigenvalue weighted by molar-refractivity contribution is -0.138. The molecule has 2 heterocycles. The van der Waals surface area contributed by atoms with Gasteiger partial charge in [0.15, 0.2) is 0 Å². The normalized spacial score (nSPS) is 18.2. The Morgan fingerprint density at radius 3 is 2.62 bits per heavy atom. The molecule has 8 nitrogen and oxygen atoms in total. The Morgan fingerprint density at radius 1 is 1.24 bits per heavy atom. The number of rotatable bonds is 6. The lowest BCUT2D eigenvalue weighted by atomic mass is 9.85. The minimum absolute atomic E-state index is 0.106. The molecule has 1 atom stereocenters. The highest BCUT2D eigenvalue weighted by Gasteiger charge is 2.43. The summed E-state index contributed by atoms with van der Waals surface area (Å²) in [6, 6.07) is 11.8. The number of oxime groups is 1. The molecule has 2 aliphatic rings. The Kier molecular flexibility index (Phi) is 6.53.